The van der Waals surface area contributed by atoms with Crippen LogP contribution in [0.15, 0.2) is 65.8 Å². The Bertz CT molecular complexity index is 1320. The lowest BCUT2D eigenvalue weighted by Crippen LogP contribution is -2.12. The molecule has 1 saturated carbocycles. The van der Waals surface area contributed by atoms with Crippen LogP contribution in [-0.4, -0.2) is 24.4 Å². The molecule has 0 atom stereocenters. The number of benzene rings is 2. The third-order valence-corrected chi connectivity index (χ3v) is 5.87. The minimum absolute atomic E-state index is 0.0821. The van der Waals surface area contributed by atoms with E-state index in [0.29, 0.717) is 28.6 Å². The fourth-order valence-electron chi connectivity index (χ4n) is 3.99. The summed E-state index contributed by atoms with van der Waals surface area (Å²) >= 11 is 0. The number of halogens is 3. The topological polar surface area (TPSA) is 79.5 Å². The van der Waals surface area contributed by atoms with Gasteiger partial charge in [0.25, 0.3) is 0 Å². The van der Waals surface area contributed by atoms with E-state index in [1.807, 2.05) is 24.3 Å². The first-order valence-electron chi connectivity index (χ1n) is 11.8. The van der Waals surface area contributed by atoms with Crippen LogP contribution in [0.2, 0.25) is 0 Å². The molecule has 6 nitrogen and oxygen atoms in total. The molecule has 0 saturated heterocycles. The number of pyridine rings is 1. The van der Waals surface area contributed by atoms with Crippen molar-refractivity contribution in [2.45, 2.75) is 38.0 Å². The molecule has 2 aromatic carbocycles. The maximum Gasteiger partial charge on any atom is 0.416 e. The number of aliphatic imine (C=N–C) groups is 1. The number of nitriles is 1. The molecule has 4 rings (SSSR count). The van der Waals surface area contributed by atoms with Gasteiger partial charge in [-0.2, -0.15) is 18.4 Å². The Hall–Kier alpha value is -4.32. The van der Waals surface area contributed by atoms with Crippen LogP contribution in [0.25, 0.3) is 6.08 Å². The lowest BCUT2D eigenvalue weighted by Gasteiger charge is -2.17. The molecule has 1 heterocycles. The minimum atomic E-state index is -4.52. The third kappa shape index (κ3) is 6.67. The van der Waals surface area contributed by atoms with E-state index in [-0.39, 0.29) is 11.8 Å². The van der Waals surface area contributed by atoms with E-state index in [0.717, 1.165) is 43.4 Å². The number of ether oxygens (including phenoxy) is 2. The van der Waals surface area contributed by atoms with E-state index >= 15 is 0 Å². The molecule has 0 spiro atoms. The van der Waals surface area contributed by atoms with E-state index < -0.39 is 11.7 Å². The van der Waals surface area contributed by atoms with Gasteiger partial charge >= 0.3 is 6.18 Å². The Balaban J connectivity index is 1.59. The Morgan fingerprint density at radius 2 is 1.95 bits per heavy atom. The number of hydrogen-bond donors (Lipinski definition) is 1. The van der Waals surface area contributed by atoms with Crippen LogP contribution in [0.1, 0.15) is 42.4 Å². The first kappa shape index (κ1) is 25.8. The van der Waals surface area contributed by atoms with Crippen LogP contribution < -0.4 is 14.8 Å². The van der Waals surface area contributed by atoms with Gasteiger partial charge < -0.3 is 14.8 Å². The van der Waals surface area contributed by atoms with Crippen molar-refractivity contribution in [2.24, 2.45) is 4.99 Å². The summed E-state index contributed by atoms with van der Waals surface area (Å²) in [6.07, 6.45) is 6.06. The zero-order valence-electron chi connectivity index (χ0n) is 20.1. The second-order valence-electron chi connectivity index (χ2n) is 8.44. The summed E-state index contributed by atoms with van der Waals surface area (Å²) in [7, 11) is 1.58. The van der Waals surface area contributed by atoms with Crippen molar-refractivity contribution >= 4 is 29.5 Å². The number of methoxy groups -OCH3 is 1. The van der Waals surface area contributed by atoms with E-state index in [1.54, 1.807) is 31.4 Å². The molecular formula is C28H25F3N4O2. The standard InChI is InChI=1S/C28H25F3N4O2/c1-36-25-10-4-6-20(27(25)37-22-8-2-3-9-22)7-5-15-33-24-16-21(28(29,30)31)12-13-23(24)35-26-14-11-19(17-32)18-34-26/h4-7,10-16,18,22H,2-3,8-9H2,1H3,(H,34,35). The predicted molar refractivity (Wildman–Crippen MR) is 137 cm³/mol. The zero-order valence-corrected chi connectivity index (χ0v) is 20.1. The Labute approximate surface area is 213 Å². The van der Waals surface area contributed by atoms with Gasteiger partial charge in [0.15, 0.2) is 11.5 Å². The highest BCUT2D eigenvalue weighted by molar-refractivity contribution is 5.84. The van der Waals surface area contributed by atoms with Gasteiger partial charge in [-0.25, -0.2) is 4.98 Å². The van der Waals surface area contributed by atoms with E-state index in [1.165, 1.54) is 18.5 Å². The SMILES string of the molecule is COc1cccc(C=CC=Nc2cc(C(F)(F)F)ccc2Nc2ccc(C#N)cn2)c1OC1CCCC1. The Morgan fingerprint density at radius 1 is 1.14 bits per heavy atom. The first-order chi connectivity index (χ1) is 17.9. The molecule has 1 N–H and O–H groups in total. The zero-order chi connectivity index (χ0) is 26.3. The molecule has 0 bridgehead atoms. The monoisotopic (exact) mass is 506 g/mol. The Kier molecular flexibility index (Phi) is 8.08. The van der Waals surface area contributed by atoms with E-state index in [4.69, 9.17) is 14.7 Å². The molecule has 0 aliphatic heterocycles. The van der Waals surface area contributed by atoms with Crippen molar-refractivity contribution in [1.82, 2.24) is 4.98 Å². The van der Waals surface area contributed by atoms with Gasteiger partial charge in [0, 0.05) is 18.0 Å². The van der Waals surface area contributed by atoms with E-state index in [9.17, 15) is 13.2 Å². The number of rotatable bonds is 8. The number of para-hydroxylation sites is 1. The summed E-state index contributed by atoms with van der Waals surface area (Å²) in [6.45, 7) is 0. The van der Waals surface area contributed by atoms with Crippen LogP contribution in [0.4, 0.5) is 30.4 Å². The van der Waals surface area contributed by atoms with Crippen LogP contribution in [-0.2, 0) is 6.18 Å². The van der Waals surface area contributed by atoms with Gasteiger partial charge in [-0.3, -0.25) is 4.99 Å². The summed E-state index contributed by atoms with van der Waals surface area (Å²) in [5.74, 6) is 1.62. The molecule has 1 aliphatic carbocycles. The molecule has 190 valence electrons. The maximum atomic E-state index is 13.3. The van der Waals surface area contributed by atoms with Crippen LogP contribution in [0.5, 0.6) is 11.5 Å². The highest BCUT2D eigenvalue weighted by atomic mass is 19.4. The van der Waals surface area contributed by atoms with Gasteiger partial charge in [-0.1, -0.05) is 12.1 Å². The number of anilines is 2. The normalized spacial score (nSPS) is 14.2. The molecular weight excluding hydrogens is 481 g/mol. The summed E-state index contributed by atoms with van der Waals surface area (Å²) in [5, 5.41) is 11.9. The van der Waals surface area contributed by atoms with Gasteiger partial charge in [0.05, 0.1) is 35.7 Å². The largest absolute Gasteiger partial charge is 0.493 e. The van der Waals surface area contributed by atoms with Crippen molar-refractivity contribution in [3.8, 4) is 17.6 Å². The third-order valence-electron chi connectivity index (χ3n) is 5.87. The first-order valence-corrected chi connectivity index (χ1v) is 11.8. The number of hydrogen-bond acceptors (Lipinski definition) is 6. The highest BCUT2D eigenvalue weighted by Crippen LogP contribution is 2.37. The van der Waals surface area contributed by atoms with Crippen LogP contribution in [0, 0.1) is 11.3 Å². The smallest absolute Gasteiger partial charge is 0.416 e. The van der Waals surface area contributed by atoms with Gasteiger partial charge in [-0.05, 0) is 74.2 Å². The summed E-state index contributed by atoms with van der Waals surface area (Å²) in [4.78, 5) is 8.39. The van der Waals surface area contributed by atoms with Crippen LogP contribution >= 0.6 is 0 Å². The van der Waals surface area contributed by atoms with Crippen molar-refractivity contribution in [2.75, 3.05) is 12.4 Å². The number of allylic oxidation sites excluding steroid dienone is 1. The van der Waals surface area contributed by atoms with Crippen molar-refractivity contribution < 1.29 is 22.6 Å². The second kappa shape index (κ2) is 11.6. The average molecular weight is 507 g/mol. The van der Waals surface area contributed by atoms with E-state index in [2.05, 4.69) is 15.3 Å². The number of nitrogens with one attached hydrogen (secondary N) is 1. The average Bonchev–Trinajstić information content (AvgIpc) is 3.41. The Morgan fingerprint density at radius 3 is 2.62 bits per heavy atom. The molecule has 1 aromatic heterocycles. The molecule has 1 aliphatic rings. The quantitative estimate of drug-likeness (QED) is 0.321. The summed E-state index contributed by atoms with van der Waals surface area (Å²) < 4.78 is 51.7. The maximum absolute atomic E-state index is 13.3. The predicted octanol–water partition coefficient (Wildman–Crippen LogP) is 7.46. The lowest BCUT2D eigenvalue weighted by atomic mass is 10.1. The minimum Gasteiger partial charge on any atom is -0.493 e. The lowest BCUT2D eigenvalue weighted by molar-refractivity contribution is -0.137. The molecule has 0 radical (unpaired) electrons. The van der Waals surface area contributed by atoms with Gasteiger partial charge in [-0.15, -0.1) is 0 Å². The molecule has 0 unspecified atom stereocenters. The molecule has 37 heavy (non-hydrogen) atoms. The molecule has 1 fully saturated rings. The van der Waals surface area contributed by atoms with Crippen LogP contribution in [0.3, 0.4) is 0 Å². The van der Waals surface area contributed by atoms with Crippen molar-refractivity contribution in [1.29, 1.82) is 5.26 Å². The second-order valence-corrected chi connectivity index (χ2v) is 8.44. The van der Waals surface area contributed by atoms with Gasteiger partial charge in [0.1, 0.15) is 11.9 Å². The highest BCUT2D eigenvalue weighted by Gasteiger charge is 2.31. The summed E-state index contributed by atoms with van der Waals surface area (Å²) in [5.41, 5.74) is 0.749. The fourth-order valence-corrected chi connectivity index (χ4v) is 3.99. The molecule has 0 amide bonds. The number of aromatic nitrogens is 1. The van der Waals surface area contributed by atoms with Gasteiger partial charge in [0.2, 0.25) is 0 Å². The van der Waals surface area contributed by atoms with Crippen molar-refractivity contribution in [3.63, 3.8) is 0 Å². The number of nitrogens with zero attached hydrogens (tertiary/aromatic N) is 3. The number of alkyl halides is 3. The summed E-state index contributed by atoms with van der Waals surface area (Å²) in [6, 6.07) is 13.9. The van der Waals surface area contributed by atoms with Crippen molar-refractivity contribution in [3.05, 3.63) is 77.5 Å². The molecule has 9 heteroatoms. The molecule has 3 aromatic rings. The fraction of sp³-hybridized carbons (Fsp3) is 0.250.